The standard InChI is InChI=1S/C21H35N5O2/c1-5-28-19(16(2)3)10-11-24-21(22-4)25-14-17-6-8-18(9-7-17)26-13-12-23-20(27)15-26/h6-9,16,19H,5,10-15H2,1-4H3,(H,23,27)(H2,22,24,25). The van der Waals surface area contributed by atoms with E-state index in [0.29, 0.717) is 25.6 Å². The third-order valence-corrected chi connectivity index (χ3v) is 4.87. The predicted octanol–water partition coefficient (Wildman–Crippen LogP) is 1.74. The van der Waals surface area contributed by atoms with Crippen molar-refractivity contribution in [3.05, 3.63) is 29.8 Å². The Balaban J connectivity index is 1.77. The summed E-state index contributed by atoms with van der Waals surface area (Å²) < 4.78 is 5.79. The number of amides is 1. The minimum absolute atomic E-state index is 0.0795. The highest BCUT2D eigenvalue weighted by atomic mass is 16.5. The molecule has 1 aliphatic rings. The normalized spacial score (nSPS) is 16.1. The van der Waals surface area contributed by atoms with Crippen LogP contribution in [0.3, 0.4) is 0 Å². The van der Waals surface area contributed by atoms with E-state index in [9.17, 15) is 4.79 Å². The highest BCUT2D eigenvalue weighted by Gasteiger charge is 2.16. The van der Waals surface area contributed by atoms with E-state index in [2.05, 4.69) is 64.0 Å². The molecule has 28 heavy (non-hydrogen) atoms. The molecule has 7 heteroatoms. The van der Waals surface area contributed by atoms with E-state index in [-0.39, 0.29) is 12.0 Å². The number of nitrogens with zero attached hydrogens (tertiary/aromatic N) is 2. The Morgan fingerprint density at radius 1 is 1.29 bits per heavy atom. The molecule has 0 aliphatic carbocycles. The number of carbonyl (C=O) groups excluding carboxylic acids is 1. The van der Waals surface area contributed by atoms with Crippen molar-refractivity contribution < 1.29 is 9.53 Å². The number of ether oxygens (including phenoxy) is 1. The molecule has 0 aromatic heterocycles. The van der Waals surface area contributed by atoms with Crippen LogP contribution in [0.5, 0.6) is 0 Å². The maximum absolute atomic E-state index is 11.5. The van der Waals surface area contributed by atoms with Crippen LogP contribution in [0.25, 0.3) is 0 Å². The van der Waals surface area contributed by atoms with Gasteiger partial charge in [-0.3, -0.25) is 9.79 Å². The second kappa shape index (κ2) is 11.5. The largest absolute Gasteiger partial charge is 0.378 e. The Morgan fingerprint density at radius 3 is 2.64 bits per heavy atom. The number of hydrogen-bond acceptors (Lipinski definition) is 4. The number of piperazine rings is 1. The van der Waals surface area contributed by atoms with Crippen LogP contribution in [0.2, 0.25) is 0 Å². The van der Waals surface area contributed by atoms with Crippen molar-refractivity contribution in [3.8, 4) is 0 Å². The first-order valence-corrected chi connectivity index (χ1v) is 10.2. The molecule has 7 nitrogen and oxygen atoms in total. The summed E-state index contributed by atoms with van der Waals surface area (Å²) >= 11 is 0. The molecule has 1 unspecified atom stereocenters. The molecule has 1 heterocycles. The molecule has 0 saturated carbocycles. The quantitative estimate of drug-likeness (QED) is 0.443. The smallest absolute Gasteiger partial charge is 0.239 e. The van der Waals surface area contributed by atoms with Crippen LogP contribution in [-0.4, -0.2) is 57.8 Å². The molecule has 1 aliphatic heterocycles. The summed E-state index contributed by atoms with van der Waals surface area (Å²) in [5.74, 6) is 1.37. The van der Waals surface area contributed by atoms with Gasteiger partial charge in [-0.25, -0.2) is 0 Å². The highest BCUT2D eigenvalue weighted by molar-refractivity contribution is 5.82. The summed E-state index contributed by atoms with van der Waals surface area (Å²) in [6, 6.07) is 8.32. The van der Waals surface area contributed by atoms with Crippen LogP contribution in [0.4, 0.5) is 5.69 Å². The fourth-order valence-electron chi connectivity index (χ4n) is 3.25. The number of aliphatic imine (C=N–C) groups is 1. The molecular weight excluding hydrogens is 354 g/mol. The zero-order valence-electron chi connectivity index (χ0n) is 17.6. The summed E-state index contributed by atoms with van der Waals surface area (Å²) in [5.41, 5.74) is 2.25. The molecule has 1 fully saturated rings. The van der Waals surface area contributed by atoms with Crippen molar-refractivity contribution in [1.29, 1.82) is 0 Å². The van der Waals surface area contributed by atoms with Crippen molar-refractivity contribution in [2.75, 3.05) is 44.7 Å². The van der Waals surface area contributed by atoms with E-state index < -0.39 is 0 Å². The van der Waals surface area contributed by atoms with Gasteiger partial charge in [-0.1, -0.05) is 26.0 Å². The van der Waals surface area contributed by atoms with E-state index in [4.69, 9.17) is 4.74 Å². The van der Waals surface area contributed by atoms with Gasteiger partial charge >= 0.3 is 0 Å². The van der Waals surface area contributed by atoms with Gasteiger partial charge in [-0.05, 0) is 37.0 Å². The molecular formula is C21H35N5O2. The fraction of sp³-hybridized carbons (Fsp3) is 0.619. The summed E-state index contributed by atoms with van der Waals surface area (Å²) in [6.07, 6.45) is 1.21. The molecule has 156 valence electrons. The topological polar surface area (TPSA) is 78.0 Å². The Bertz CT molecular complexity index is 630. The van der Waals surface area contributed by atoms with Crippen molar-refractivity contribution in [2.24, 2.45) is 10.9 Å². The summed E-state index contributed by atoms with van der Waals surface area (Å²) in [7, 11) is 1.78. The van der Waals surface area contributed by atoms with Crippen LogP contribution >= 0.6 is 0 Å². The van der Waals surface area contributed by atoms with Crippen LogP contribution in [0.15, 0.2) is 29.3 Å². The van der Waals surface area contributed by atoms with E-state index in [1.54, 1.807) is 7.05 Å². The Labute approximate surface area is 168 Å². The first-order chi connectivity index (χ1) is 13.5. The molecule has 0 radical (unpaired) electrons. The molecule has 3 N–H and O–H groups in total. The van der Waals surface area contributed by atoms with Gasteiger partial charge in [0, 0.05) is 45.5 Å². The average molecular weight is 390 g/mol. The number of carbonyl (C=O) groups is 1. The first kappa shape index (κ1) is 22.0. The van der Waals surface area contributed by atoms with E-state index in [1.807, 2.05) is 6.92 Å². The minimum atomic E-state index is 0.0795. The van der Waals surface area contributed by atoms with Gasteiger partial charge in [-0.2, -0.15) is 0 Å². The van der Waals surface area contributed by atoms with Gasteiger partial charge in [0.2, 0.25) is 5.91 Å². The third-order valence-electron chi connectivity index (χ3n) is 4.87. The molecule has 0 bridgehead atoms. The van der Waals surface area contributed by atoms with E-state index >= 15 is 0 Å². The first-order valence-electron chi connectivity index (χ1n) is 10.2. The predicted molar refractivity (Wildman–Crippen MR) is 115 cm³/mol. The van der Waals surface area contributed by atoms with Crippen molar-refractivity contribution in [1.82, 2.24) is 16.0 Å². The van der Waals surface area contributed by atoms with Crippen molar-refractivity contribution in [2.45, 2.75) is 39.8 Å². The number of rotatable bonds is 9. The molecule has 1 aromatic carbocycles. The lowest BCUT2D eigenvalue weighted by Gasteiger charge is -2.28. The number of benzene rings is 1. The Kier molecular flexibility index (Phi) is 9.07. The second-order valence-corrected chi connectivity index (χ2v) is 7.32. The average Bonchev–Trinajstić information content (AvgIpc) is 2.70. The zero-order valence-corrected chi connectivity index (χ0v) is 17.6. The maximum Gasteiger partial charge on any atom is 0.239 e. The lowest BCUT2D eigenvalue weighted by Crippen LogP contribution is -2.47. The molecule has 1 atom stereocenters. The zero-order chi connectivity index (χ0) is 20.4. The van der Waals surface area contributed by atoms with E-state index in [0.717, 1.165) is 37.8 Å². The summed E-state index contributed by atoms with van der Waals surface area (Å²) in [4.78, 5) is 17.9. The van der Waals surface area contributed by atoms with Gasteiger partial charge in [0.25, 0.3) is 0 Å². The van der Waals surface area contributed by atoms with Gasteiger partial charge in [0.1, 0.15) is 0 Å². The molecule has 1 saturated heterocycles. The lowest BCUT2D eigenvalue weighted by atomic mass is 10.0. The van der Waals surface area contributed by atoms with Crippen LogP contribution < -0.4 is 20.9 Å². The van der Waals surface area contributed by atoms with Crippen LogP contribution in [-0.2, 0) is 16.1 Å². The third kappa shape index (κ3) is 7.03. The minimum Gasteiger partial charge on any atom is -0.378 e. The number of hydrogen-bond donors (Lipinski definition) is 3. The van der Waals surface area contributed by atoms with Crippen LogP contribution in [0.1, 0.15) is 32.8 Å². The molecule has 2 rings (SSSR count). The maximum atomic E-state index is 11.5. The van der Waals surface area contributed by atoms with Gasteiger partial charge < -0.3 is 25.6 Å². The Hall–Kier alpha value is -2.28. The number of guanidine groups is 1. The second-order valence-electron chi connectivity index (χ2n) is 7.32. The van der Waals surface area contributed by atoms with Crippen molar-refractivity contribution >= 4 is 17.6 Å². The van der Waals surface area contributed by atoms with Gasteiger partial charge in [0.15, 0.2) is 5.96 Å². The fourth-order valence-corrected chi connectivity index (χ4v) is 3.25. The SMILES string of the molecule is CCOC(CCNC(=NC)NCc1ccc(N2CCNC(=O)C2)cc1)C(C)C. The van der Waals surface area contributed by atoms with E-state index in [1.165, 1.54) is 5.56 Å². The van der Waals surface area contributed by atoms with Gasteiger partial charge in [0.05, 0.1) is 12.6 Å². The Morgan fingerprint density at radius 2 is 2.04 bits per heavy atom. The summed E-state index contributed by atoms with van der Waals surface area (Å²) in [6.45, 7) is 10.6. The lowest BCUT2D eigenvalue weighted by molar-refractivity contribution is -0.120. The van der Waals surface area contributed by atoms with Crippen molar-refractivity contribution in [3.63, 3.8) is 0 Å². The monoisotopic (exact) mass is 389 g/mol. The summed E-state index contributed by atoms with van der Waals surface area (Å²) in [5, 5.41) is 9.56. The van der Waals surface area contributed by atoms with Crippen LogP contribution in [0, 0.1) is 5.92 Å². The van der Waals surface area contributed by atoms with Gasteiger partial charge in [-0.15, -0.1) is 0 Å². The number of nitrogens with one attached hydrogen (secondary N) is 3. The highest BCUT2D eigenvalue weighted by Crippen LogP contribution is 2.16. The molecule has 1 amide bonds. The molecule has 1 aromatic rings. The molecule has 0 spiro atoms. The number of anilines is 1.